The van der Waals surface area contributed by atoms with Gasteiger partial charge >= 0.3 is 0 Å². The first-order valence-corrected chi connectivity index (χ1v) is 5.99. The highest BCUT2D eigenvalue weighted by atomic mass is 19.1. The van der Waals surface area contributed by atoms with Gasteiger partial charge in [0.15, 0.2) is 0 Å². The van der Waals surface area contributed by atoms with Crippen LogP contribution in [0.5, 0.6) is 0 Å². The van der Waals surface area contributed by atoms with Crippen LogP contribution in [0.4, 0.5) is 4.39 Å². The maximum Gasteiger partial charge on any atom is 0.254 e. The van der Waals surface area contributed by atoms with E-state index in [1.807, 2.05) is 20.0 Å². The van der Waals surface area contributed by atoms with Gasteiger partial charge in [-0.25, -0.2) is 4.39 Å². The molecule has 1 N–H and O–H groups in total. The Morgan fingerprint density at radius 1 is 1.39 bits per heavy atom. The Labute approximate surface area is 105 Å². The molecule has 0 saturated carbocycles. The zero-order valence-electron chi connectivity index (χ0n) is 10.9. The zero-order valence-corrected chi connectivity index (χ0v) is 10.9. The number of benzene rings is 1. The molecule has 3 nitrogen and oxygen atoms in total. The van der Waals surface area contributed by atoms with Gasteiger partial charge in [0.25, 0.3) is 5.56 Å². The van der Waals surface area contributed by atoms with Crippen molar-refractivity contribution >= 4 is 10.9 Å². The lowest BCUT2D eigenvalue weighted by atomic mass is 10.0. The van der Waals surface area contributed by atoms with E-state index in [1.165, 1.54) is 10.6 Å². The molecule has 1 aromatic carbocycles. The van der Waals surface area contributed by atoms with Crippen molar-refractivity contribution in [2.45, 2.75) is 13.3 Å². The lowest BCUT2D eigenvalue weighted by molar-refractivity contribution is 0.628. The van der Waals surface area contributed by atoms with Crippen molar-refractivity contribution in [1.82, 2.24) is 9.88 Å². The summed E-state index contributed by atoms with van der Waals surface area (Å²) in [6.45, 7) is 2.62. The summed E-state index contributed by atoms with van der Waals surface area (Å²) < 4.78 is 15.2. The molecular weight excluding hydrogens is 231 g/mol. The molecule has 0 aliphatic rings. The average Bonchev–Trinajstić information content (AvgIpc) is 2.36. The van der Waals surface area contributed by atoms with Crippen LogP contribution in [0.1, 0.15) is 11.1 Å². The van der Waals surface area contributed by atoms with E-state index in [1.54, 1.807) is 13.1 Å². The number of aryl methyl sites for hydroxylation is 2. The first-order chi connectivity index (χ1) is 8.57. The van der Waals surface area contributed by atoms with Crippen molar-refractivity contribution in [3.05, 3.63) is 45.5 Å². The molecular formula is C14H17FN2O. The first-order valence-electron chi connectivity index (χ1n) is 5.99. The molecule has 0 aliphatic heterocycles. The molecule has 0 saturated heterocycles. The van der Waals surface area contributed by atoms with Crippen LogP contribution in [0.25, 0.3) is 10.9 Å². The molecule has 1 aromatic heterocycles. The van der Waals surface area contributed by atoms with Crippen LogP contribution in [-0.4, -0.2) is 18.2 Å². The van der Waals surface area contributed by atoms with E-state index >= 15 is 0 Å². The summed E-state index contributed by atoms with van der Waals surface area (Å²) in [6.07, 6.45) is 0.654. The van der Waals surface area contributed by atoms with E-state index in [4.69, 9.17) is 0 Å². The van der Waals surface area contributed by atoms with E-state index < -0.39 is 0 Å². The van der Waals surface area contributed by atoms with Crippen molar-refractivity contribution in [3.8, 4) is 0 Å². The van der Waals surface area contributed by atoms with Crippen molar-refractivity contribution < 1.29 is 4.39 Å². The monoisotopic (exact) mass is 248 g/mol. The minimum atomic E-state index is -0.352. The van der Waals surface area contributed by atoms with Crippen molar-refractivity contribution in [2.75, 3.05) is 13.6 Å². The molecule has 0 spiro atoms. The Morgan fingerprint density at radius 3 is 2.78 bits per heavy atom. The SMILES string of the molecule is CNCCc1c(C)c2cccc(F)c2n(C)c1=O. The number of nitrogens with one attached hydrogen (secondary N) is 1. The van der Waals surface area contributed by atoms with Crippen LogP contribution in [0.2, 0.25) is 0 Å². The number of nitrogens with zero attached hydrogens (tertiary/aromatic N) is 1. The fourth-order valence-electron chi connectivity index (χ4n) is 2.33. The summed E-state index contributed by atoms with van der Waals surface area (Å²) in [7, 11) is 3.47. The highest BCUT2D eigenvalue weighted by molar-refractivity contribution is 5.83. The quantitative estimate of drug-likeness (QED) is 0.898. The Kier molecular flexibility index (Phi) is 3.48. The van der Waals surface area contributed by atoms with E-state index in [0.29, 0.717) is 11.9 Å². The maximum absolute atomic E-state index is 13.8. The third-order valence-electron chi connectivity index (χ3n) is 3.37. The minimum Gasteiger partial charge on any atom is -0.319 e. The van der Waals surface area contributed by atoms with Gasteiger partial charge in [-0.1, -0.05) is 12.1 Å². The number of pyridine rings is 1. The summed E-state index contributed by atoms with van der Waals surface area (Å²) >= 11 is 0. The van der Waals surface area contributed by atoms with Crippen molar-refractivity contribution in [2.24, 2.45) is 7.05 Å². The molecule has 0 aliphatic carbocycles. The molecule has 0 atom stereocenters. The van der Waals surface area contributed by atoms with E-state index in [0.717, 1.165) is 23.1 Å². The number of rotatable bonds is 3. The van der Waals surface area contributed by atoms with Crippen LogP contribution < -0.4 is 10.9 Å². The fourth-order valence-corrected chi connectivity index (χ4v) is 2.33. The van der Waals surface area contributed by atoms with E-state index in [-0.39, 0.29) is 11.4 Å². The number of hydrogen-bond acceptors (Lipinski definition) is 2. The summed E-state index contributed by atoms with van der Waals surface area (Å²) in [5, 5.41) is 3.84. The normalized spacial score (nSPS) is 11.1. The van der Waals surface area contributed by atoms with Gasteiger partial charge in [-0.15, -0.1) is 0 Å². The zero-order chi connectivity index (χ0) is 13.3. The predicted octanol–water partition coefficient (Wildman–Crippen LogP) is 1.75. The van der Waals surface area contributed by atoms with Gasteiger partial charge in [0.05, 0.1) is 5.52 Å². The molecule has 2 aromatic rings. The highest BCUT2D eigenvalue weighted by Crippen LogP contribution is 2.21. The Morgan fingerprint density at radius 2 is 2.11 bits per heavy atom. The van der Waals surface area contributed by atoms with Crippen LogP contribution in [0, 0.1) is 12.7 Å². The van der Waals surface area contributed by atoms with Crippen LogP contribution in [0.15, 0.2) is 23.0 Å². The molecule has 4 heteroatoms. The number of para-hydroxylation sites is 1. The summed E-state index contributed by atoms with van der Waals surface area (Å²) in [5.41, 5.74) is 1.90. The Balaban J connectivity index is 2.80. The first kappa shape index (κ1) is 12.8. The van der Waals surface area contributed by atoms with Gasteiger partial charge in [0.2, 0.25) is 0 Å². The maximum atomic E-state index is 13.8. The Hall–Kier alpha value is -1.68. The highest BCUT2D eigenvalue weighted by Gasteiger charge is 2.13. The molecule has 2 rings (SSSR count). The predicted molar refractivity (Wildman–Crippen MR) is 71.5 cm³/mol. The second kappa shape index (κ2) is 4.90. The largest absolute Gasteiger partial charge is 0.319 e. The van der Waals surface area contributed by atoms with E-state index in [9.17, 15) is 9.18 Å². The molecule has 0 fully saturated rings. The summed E-state index contributed by atoms with van der Waals surface area (Å²) in [6, 6.07) is 4.92. The third kappa shape index (κ3) is 1.93. The van der Waals surface area contributed by atoms with E-state index in [2.05, 4.69) is 5.32 Å². The third-order valence-corrected chi connectivity index (χ3v) is 3.37. The van der Waals surface area contributed by atoms with Crippen LogP contribution in [0.3, 0.4) is 0 Å². The number of aromatic nitrogens is 1. The van der Waals surface area contributed by atoms with Crippen LogP contribution in [-0.2, 0) is 13.5 Å². The van der Waals surface area contributed by atoms with Gasteiger partial charge in [-0.3, -0.25) is 4.79 Å². The standard InChI is InChI=1S/C14H17FN2O/c1-9-10-5-4-6-12(15)13(10)17(3)14(18)11(9)7-8-16-2/h4-6,16H,7-8H2,1-3H3. The van der Waals surface area contributed by atoms with Crippen molar-refractivity contribution in [1.29, 1.82) is 0 Å². The Bertz CT molecular complexity index is 646. The molecule has 0 amide bonds. The van der Waals surface area contributed by atoms with Gasteiger partial charge in [-0.2, -0.15) is 0 Å². The lowest BCUT2D eigenvalue weighted by Crippen LogP contribution is -2.26. The van der Waals surface area contributed by atoms with Crippen LogP contribution >= 0.6 is 0 Å². The van der Waals surface area contributed by atoms with Gasteiger partial charge in [-0.05, 0) is 38.6 Å². The fraction of sp³-hybridized carbons (Fsp3) is 0.357. The smallest absolute Gasteiger partial charge is 0.254 e. The molecule has 0 bridgehead atoms. The number of likely N-dealkylation sites (N-methyl/N-ethyl adjacent to an activating group) is 1. The number of hydrogen-bond donors (Lipinski definition) is 1. The average molecular weight is 248 g/mol. The van der Waals surface area contributed by atoms with Crippen molar-refractivity contribution in [3.63, 3.8) is 0 Å². The molecule has 0 radical (unpaired) electrons. The second-order valence-electron chi connectivity index (χ2n) is 4.46. The molecule has 96 valence electrons. The molecule has 18 heavy (non-hydrogen) atoms. The van der Waals surface area contributed by atoms with Gasteiger partial charge in [0, 0.05) is 18.0 Å². The number of fused-ring (bicyclic) bond motifs is 1. The lowest BCUT2D eigenvalue weighted by Gasteiger charge is -2.13. The molecule has 0 unspecified atom stereocenters. The topological polar surface area (TPSA) is 34.0 Å². The van der Waals surface area contributed by atoms with Gasteiger partial charge in [0.1, 0.15) is 5.82 Å². The summed E-state index contributed by atoms with van der Waals surface area (Å²) in [5.74, 6) is -0.352. The second-order valence-corrected chi connectivity index (χ2v) is 4.46. The summed E-state index contributed by atoms with van der Waals surface area (Å²) in [4.78, 5) is 12.2. The minimum absolute atomic E-state index is 0.111. The number of halogens is 1. The molecule has 1 heterocycles. The van der Waals surface area contributed by atoms with Gasteiger partial charge < -0.3 is 9.88 Å².